The lowest BCUT2D eigenvalue weighted by atomic mass is 9.92. The van der Waals surface area contributed by atoms with E-state index in [1.165, 1.54) is 19.1 Å². The Morgan fingerprint density at radius 2 is 1.85 bits per heavy atom. The number of rotatable bonds is 3. The first-order valence-electron chi connectivity index (χ1n) is 9.05. The first kappa shape index (κ1) is 19.1. The van der Waals surface area contributed by atoms with Gasteiger partial charge >= 0.3 is 0 Å². The van der Waals surface area contributed by atoms with Gasteiger partial charge in [-0.05, 0) is 23.1 Å². The smallest absolute Gasteiger partial charge is 0.226 e. The molecule has 7 heteroatoms. The number of halogens is 1. The molecular weight excluding hydrogens is 347 g/mol. The number of amides is 2. The van der Waals surface area contributed by atoms with Crippen molar-refractivity contribution in [1.29, 1.82) is 0 Å². The van der Waals surface area contributed by atoms with E-state index in [-0.39, 0.29) is 23.0 Å². The van der Waals surface area contributed by atoms with Crippen molar-refractivity contribution in [3.63, 3.8) is 0 Å². The Hall–Kier alpha value is -2.70. The average Bonchev–Trinajstić information content (AvgIpc) is 2.90. The van der Waals surface area contributed by atoms with Crippen LogP contribution in [-0.4, -0.2) is 33.0 Å². The molecule has 1 aromatic carbocycles. The van der Waals surface area contributed by atoms with Gasteiger partial charge in [-0.15, -0.1) is 0 Å². The van der Waals surface area contributed by atoms with Gasteiger partial charge in [0.2, 0.25) is 11.8 Å². The zero-order valence-electron chi connectivity index (χ0n) is 16.2. The molecule has 0 spiro atoms. The molecule has 0 atom stereocenters. The van der Waals surface area contributed by atoms with Crippen molar-refractivity contribution < 1.29 is 14.0 Å². The number of carbonyl (C=O) groups is 2. The van der Waals surface area contributed by atoms with Crippen LogP contribution in [0, 0.1) is 11.2 Å². The summed E-state index contributed by atoms with van der Waals surface area (Å²) in [6, 6.07) is 6.09. The number of fused-ring (bicyclic) bond motifs is 1. The molecular formula is C20H25FN4O2. The van der Waals surface area contributed by atoms with Crippen LogP contribution >= 0.6 is 0 Å². The van der Waals surface area contributed by atoms with Crippen LogP contribution in [0.4, 0.5) is 10.2 Å². The Morgan fingerprint density at radius 3 is 2.44 bits per heavy atom. The summed E-state index contributed by atoms with van der Waals surface area (Å²) in [6.07, 6.45) is 0.359. The second-order valence-electron chi connectivity index (χ2n) is 8.13. The van der Waals surface area contributed by atoms with Gasteiger partial charge in [0, 0.05) is 25.5 Å². The third-order valence-corrected chi connectivity index (χ3v) is 4.51. The monoisotopic (exact) mass is 372 g/mol. The molecule has 1 aliphatic rings. The van der Waals surface area contributed by atoms with Crippen LogP contribution < -0.4 is 5.32 Å². The molecule has 2 amide bonds. The fraction of sp³-hybridized carbons (Fsp3) is 0.450. The van der Waals surface area contributed by atoms with Crippen LogP contribution in [-0.2, 0) is 22.7 Å². The Kier molecular flexibility index (Phi) is 5.04. The minimum absolute atomic E-state index is 0.00850. The molecule has 1 aliphatic heterocycles. The SMILES string of the molecule is CC(=O)N1CCn2nc(NC(=O)CC(C)(C)C)c(-c3ccc(F)cc3)c2C1. The minimum atomic E-state index is -0.330. The van der Waals surface area contributed by atoms with Gasteiger partial charge in [-0.1, -0.05) is 32.9 Å². The molecule has 0 bridgehead atoms. The molecule has 0 saturated heterocycles. The summed E-state index contributed by atoms with van der Waals surface area (Å²) >= 11 is 0. The van der Waals surface area contributed by atoms with Crippen LogP contribution in [0.3, 0.4) is 0 Å². The van der Waals surface area contributed by atoms with E-state index in [0.717, 1.165) is 16.8 Å². The first-order chi connectivity index (χ1) is 12.6. The van der Waals surface area contributed by atoms with Gasteiger partial charge in [0.25, 0.3) is 0 Å². The molecule has 0 saturated carbocycles. The predicted molar refractivity (Wildman–Crippen MR) is 101 cm³/mol. The number of benzene rings is 1. The lowest BCUT2D eigenvalue weighted by Gasteiger charge is -2.27. The van der Waals surface area contributed by atoms with Crippen LogP contribution in [0.15, 0.2) is 24.3 Å². The van der Waals surface area contributed by atoms with Crippen LogP contribution in [0.25, 0.3) is 11.1 Å². The second kappa shape index (κ2) is 7.13. The molecule has 0 fully saturated rings. The normalized spacial score (nSPS) is 14.0. The Bertz CT molecular complexity index is 865. The third kappa shape index (κ3) is 4.35. The fourth-order valence-corrected chi connectivity index (χ4v) is 3.25. The largest absolute Gasteiger partial charge is 0.335 e. The van der Waals surface area contributed by atoms with E-state index in [2.05, 4.69) is 10.4 Å². The second-order valence-corrected chi connectivity index (χ2v) is 8.13. The van der Waals surface area contributed by atoms with Crippen molar-refractivity contribution in [2.24, 2.45) is 5.41 Å². The van der Waals surface area contributed by atoms with Crippen molar-refractivity contribution in [2.45, 2.75) is 47.2 Å². The van der Waals surface area contributed by atoms with E-state index in [9.17, 15) is 14.0 Å². The quantitative estimate of drug-likeness (QED) is 0.898. The van der Waals surface area contributed by atoms with Gasteiger partial charge in [0.1, 0.15) is 5.82 Å². The van der Waals surface area contributed by atoms with Crippen LogP contribution in [0.1, 0.15) is 39.8 Å². The first-order valence-corrected chi connectivity index (χ1v) is 9.05. The molecule has 2 aromatic rings. The summed E-state index contributed by atoms with van der Waals surface area (Å²) in [5, 5.41) is 7.48. The van der Waals surface area contributed by atoms with Crippen molar-refractivity contribution >= 4 is 17.6 Å². The molecule has 6 nitrogen and oxygen atoms in total. The van der Waals surface area contributed by atoms with Crippen LogP contribution in [0.5, 0.6) is 0 Å². The molecule has 144 valence electrons. The van der Waals surface area contributed by atoms with E-state index >= 15 is 0 Å². The number of aromatic nitrogens is 2. The summed E-state index contributed by atoms with van der Waals surface area (Å²) in [6.45, 7) is 9.06. The van der Waals surface area contributed by atoms with Gasteiger partial charge in [-0.3, -0.25) is 14.3 Å². The maximum atomic E-state index is 13.4. The minimum Gasteiger partial charge on any atom is -0.335 e. The number of hydrogen-bond donors (Lipinski definition) is 1. The average molecular weight is 372 g/mol. The molecule has 2 heterocycles. The molecule has 3 rings (SSSR count). The highest BCUT2D eigenvalue weighted by Gasteiger charge is 2.27. The van der Waals surface area contributed by atoms with Crippen molar-refractivity contribution in [3.8, 4) is 11.1 Å². The highest BCUT2D eigenvalue weighted by molar-refractivity contribution is 5.95. The standard InChI is InChI=1S/C20H25FN4O2/c1-13(26)24-9-10-25-16(12-24)18(14-5-7-15(21)8-6-14)19(23-25)22-17(27)11-20(2,3)4/h5-8H,9-12H2,1-4H3,(H,22,23,27). The molecule has 27 heavy (non-hydrogen) atoms. The van der Waals surface area contributed by atoms with E-state index in [1.54, 1.807) is 17.0 Å². The summed E-state index contributed by atoms with van der Waals surface area (Å²) in [7, 11) is 0. The molecule has 1 N–H and O–H groups in total. The Labute approximate surface area is 158 Å². The molecule has 0 unspecified atom stereocenters. The van der Waals surface area contributed by atoms with Crippen LogP contribution in [0.2, 0.25) is 0 Å². The van der Waals surface area contributed by atoms with Gasteiger partial charge in [0.15, 0.2) is 5.82 Å². The topological polar surface area (TPSA) is 67.2 Å². The maximum Gasteiger partial charge on any atom is 0.226 e. The number of hydrogen-bond acceptors (Lipinski definition) is 3. The Balaban J connectivity index is 2.01. The Morgan fingerprint density at radius 1 is 1.19 bits per heavy atom. The highest BCUT2D eigenvalue weighted by atomic mass is 19.1. The number of nitrogens with zero attached hydrogens (tertiary/aromatic N) is 3. The zero-order valence-corrected chi connectivity index (χ0v) is 16.2. The summed E-state index contributed by atoms with van der Waals surface area (Å²) in [4.78, 5) is 26.0. The van der Waals surface area contributed by atoms with E-state index in [0.29, 0.717) is 31.9 Å². The summed E-state index contributed by atoms with van der Waals surface area (Å²) < 4.78 is 15.2. The van der Waals surface area contributed by atoms with Crippen molar-refractivity contribution in [3.05, 3.63) is 35.8 Å². The van der Waals surface area contributed by atoms with Gasteiger partial charge < -0.3 is 10.2 Å². The van der Waals surface area contributed by atoms with E-state index in [4.69, 9.17) is 0 Å². The number of carbonyl (C=O) groups excluding carboxylic acids is 2. The van der Waals surface area contributed by atoms with Crippen molar-refractivity contribution in [1.82, 2.24) is 14.7 Å². The van der Waals surface area contributed by atoms with Gasteiger partial charge in [-0.2, -0.15) is 5.10 Å². The lowest BCUT2D eigenvalue weighted by molar-refractivity contribution is -0.130. The maximum absolute atomic E-state index is 13.4. The van der Waals surface area contributed by atoms with E-state index in [1.807, 2.05) is 25.5 Å². The van der Waals surface area contributed by atoms with E-state index < -0.39 is 0 Å². The number of anilines is 1. The molecule has 0 aliphatic carbocycles. The molecule has 1 aromatic heterocycles. The third-order valence-electron chi connectivity index (χ3n) is 4.51. The molecule has 0 radical (unpaired) electrons. The van der Waals surface area contributed by atoms with Gasteiger partial charge in [-0.25, -0.2) is 4.39 Å². The zero-order chi connectivity index (χ0) is 19.8. The number of nitrogens with one attached hydrogen (secondary N) is 1. The van der Waals surface area contributed by atoms with Gasteiger partial charge in [0.05, 0.1) is 18.8 Å². The lowest BCUT2D eigenvalue weighted by Crippen LogP contribution is -2.37. The predicted octanol–water partition coefficient (Wildman–Crippen LogP) is 3.43. The summed E-state index contributed by atoms with van der Waals surface area (Å²) in [5.74, 6) is -0.00437. The fourth-order valence-electron chi connectivity index (χ4n) is 3.25. The highest BCUT2D eigenvalue weighted by Crippen LogP contribution is 2.34. The van der Waals surface area contributed by atoms with Crippen molar-refractivity contribution in [2.75, 3.05) is 11.9 Å². The summed E-state index contributed by atoms with van der Waals surface area (Å²) in [5.41, 5.74) is 2.19.